The van der Waals surface area contributed by atoms with Crippen molar-refractivity contribution in [2.45, 2.75) is 12.1 Å². The number of para-hydroxylation sites is 3. The second-order valence-electron chi connectivity index (χ2n) is 5.89. The van der Waals surface area contributed by atoms with Crippen LogP contribution in [-0.4, -0.2) is 33.4 Å². The van der Waals surface area contributed by atoms with Gasteiger partial charge in [0.1, 0.15) is 5.75 Å². The SMILES string of the molecule is COc1ccccc1NC(=O)CSc1nc(O)cc(=O)n1-c1ccccc1C. The molecule has 3 aromatic rings. The number of nitrogens with one attached hydrogen (secondary N) is 1. The maximum atomic E-state index is 12.5. The van der Waals surface area contributed by atoms with Gasteiger partial charge in [0, 0.05) is 0 Å². The number of carbonyl (C=O) groups is 1. The average molecular weight is 397 g/mol. The molecule has 0 aliphatic rings. The van der Waals surface area contributed by atoms with Crippen LogP contribution in [0, 0.1) is 6.92 Å². The molecule has 0 bridgehead atoms. The third kappa shape index (κ3) is 4.34. The summed E-state index contributed by atoms with van der Waals surface area (Å²) >= 11 is 1.06. The molecule has 0 unspecified atom stereocenters. The van der Waals surface area contributed by atoms with Gasteiger partial charge in [0.2, 0.25) is 11.8 Å². The molecule has 0 fully saturated rings. The van der Waals surface area contributed by atoms with Crippen molar-refractivity contribution < 1.29 is 14.6 Å². The molecule has 1 heterocycles. The fourth-order valence-corrected chi connectivity index (χ4v) is 3.45. The fraction of sp³-hybridized carbons (Fsp3) is 0.150. The molecule has 3 rings (SSSR count). The highest BCUT2D eigenvalue weighted by atomic mass is 32.2. The lowest BCUT2D eigenvalue weighted by Gasteiger charge is -2.14. The van der Waals surface area contributed by atoms with Crippen LogP contribution in [0.5, 0.6) is 11.6 Å². The van der Waals surface area contributed by atoms with Gasteiger partial charge in [-0.2, -0.15) is 4.98 Å². The van der Waals surface area contributed by atoms with Crippen molar-refractivity contribution in [2.24, 2.45) is 0 Å². The van der Waals surface area contributed by atoms with Gasteiger partial charge >= 0.3 is 0 Å². The number of aromatic nitrogens is 2. The van der Waals surface area contributed by atoms with E-state index in [1.54, 1.807) is 30.3 Å². The molecular formula is C20H19N3O4S. The second-order valence-corrected chi connectivity index (χ2v) is 6.84. The molecule has 0 spiro atoms. The Kier molecular flexibility index (Phi) is 6.00. The summed E-state index contributed by atoms with van der Waals surface area (Å²) in [6.07, 6.45) is 0. The number of carbonyl (C=O) groups excluding carboxylic acids is 1. The Balaban J connectivity index is 1.84. The minimum absolute atomic E-state index is 0.000176. The summed E-state index contributed by atoms with van der Waals surface area (Å²) in [4.78, 5) is 28.9. The molecule has 1 amide bonds. The first-order chi connectivity index (χ1) is 13.5. The standard InChI is InChI=1S/C20H19N3O4S/c1-13-7-3-5-9-15(13)23-19(26)11-17(24)22-20(23)28-12-18(25)21-14-8-4-6-10-16(14)27-2/h3-11,24H,12H2,1-2H3,(H,21,25). The van der Waals surface area contributed by atoms with Crippen LogP contribution in [0.25, 0.3) is 5.69 Å². The molecule has 144 valence electrons. The molecule has 1 aromatic heterocycles. The smallest absolute Gasteiger partial charge is 0.262 e. The number of nitrogens with zero attached hydrogens (tertiary/aromatic N) is 2. The lowest BCUT2D eigenvalue weighted by Crippen LogP contribution is -2.22. The third-order valence-electron chi connectivity index (χ3n) is 3.94. The van der Waals surface area contributed by atoms with E-state index in [1.807, 2.05) is 25.1 Å². The van der Waals surface area contributed by atoms with Gasteiger partial charge in [-0.25, -0.2) is 0 Å². The normalized spacial score (nSPS) is 10.5. The van der Waals surface area contributed by atoms with Gasteiger partial charge in [0.05, 0.1) is 30.3 Å². The second kappa shape index (κ2) is 8.62. The molecule has 0 aliphatic heterocycles. The van der Waals surface area contributed by atoms with Crippen molar-refractivity contribution in [1.29, 1.82) is 0 Å². The number of ether oxygens (including phenoxy) is 1. The first-order valence-corrected chi connectivity index (χ1v) is 9.43. The van der Waals surface area contributed by atoms with E-state index in [-0.39, 0.29) is 22.7 Å². The van der Waals surface area contributed by atoms with Crippen LogP contribution in [0.1, 0.15) is 5.56 Å². The summed E-state index contributed by atoms with van der Waals surface area (Å²) in [5, 5.41) is 12.7. The van der Waals surface area contributed by atoms with Gasteiger partial charge in [-0.3, -0.25) is 14.2 Å². The maximum Gasteiger partial charge on any atom is 0.262 e. The molecule has 0 radical (unpaired) electrons. The topological polar surface area (TPSA) is 93.5 Å². The van der Waals surface area contributed by atoms with Crippen LogP contribution in [-0.2, 0) is 4.79 Å². The Bertz CT molecular complexity index is 1070. The molecule has 7 nitrogen and oxygen atoms in total. The van der Waals surface area contributed by atoms with E-state index >= 15 is 0 Å². The third-order valence-corrected chi connectivity index (χ3v) is 4.88. The highest BCUT2D eigenvalue weighted by Gasteiger charge is 2.15. The van der Waals surface area contributed by atoms with Crippen LogP contribution in [0.4, 0.5) is 5.69 Å². The lowest BCUT2D eigenvalue weighted by atomic mass is 10.2. The predicted molar refractivity (Wildman–Crippen MR) is 109 cm³/mol. The zero-order chi connectivity index (χ0) is 20.1. The fourth-order valence-electron chi connectivity index (χ4n) is 2.65. The van der Waals surface area contributed by atoms with E-state index in [9.17, 15) is 14.7 Å². The first-order valence-electron chi connectivity index (χ1n) is 8.44. The summed E-state index contributed by atoms with van der Waals surface area (Å²) in [5.74, 6) is -0.126. The summed E-state index contributed by atoms with van der Waals surface area (Å²) < 4.78 is 6.60. The van der Waals surface area contributed by atoms with Crippen molar-refractivity contribution in [3.8, 4) is 17.3 Å². The Morgan fingerprint density at radius 1 is 1.21 bits per heavy atom. The van der Waals surface area contributed by atoms with Crippen LogP contribution in [0.2, 0.25) is 0 Å². The summed E-state index contributed by atoms with van der Waals surface area (Å²) in [6.45, 7) is 1.87. The molecule has 0 atom stereocenters. The largest absolute Gasteiger partial charge is 0.495 e. The number of benzene rings is 2. The Morgan fingerprint density at radius 3 is 2.68 bits per heavy atom. The van der Waals surface area contributed by atoms with Crippen molar-refractivity contribution in [3.05, 3.63) is 70.5 Å². The minimum atomic E-state index is -0.422. The van der Waals surface area contributed by atoms with Gasteiger partial charge in [-0.15, -0.1) is 0 Å². The zero-order valence-electron chi connectivity index (χ0n) is 15.4. The minimum Gasteiger partial charge on any atom is -0.495 e. The van der Waals surface area contributed by atoms with E-state index in [4.69, 9.17) is 4.74 Å². The van der Waals surface area contributed by atoms with E-state index in [2.05, 4.69) is 10.3 Å². The van der Waals surface area contributed by atoms with Crippen LogP contribution < -0.4 is 15.6 Å². The highest BCUT2D eigenvalue weighted by molar-refractivity contribution is 7.99. The maximum absolute atomic E-state index is 12.5. The van der Waals surface area contributed by atoms with Gasteiger partial charge in [0.25, 0.3) is 5.56 Å². The molecule has 0 aliphatic carbocycles. The molecule has 8 heteroatoms. The van der Waals surface area contributed by atoms with Crippen LogP contribution >= 0.6 is 11.8 Å². The van der Waals surface area contributed by atoms with Crippen LogP contribution in [0.15, 0.2) is 64.5 Å². The zero-order valence-corrected chi connectivity index (χ0v) is 16.2. The Labute approximate surface area is 166 Å². The predicted octanol–water partition coefficient (Wildman–Crippen LogP) is 2.99. The van der Waals surface area contributed by atoms with Crippen molar-refractivity contribution in [1.82, 2.24) is 9.55 Å². The number of amides is 1. The number of anilines is 1. The highest BCUT2D eigenvalue weighted by Crippen LogP contribution is 2.25. The molecule has 0 saturated heterocycles. The van der Waals surface area contributed by atoms with Crippen molar-refractivity contribution >= 4 is 23.4 Å². The first kappa shape index (κ1) is 19.5. The van der Waals surface area contributed by atoms with E-state index in [0.717, 1.165) is 23.4 Å². The van der Waals surface area contributed by atoms with Crippen LogP contribution in [0.3, 0.4) is 0 Å². The average Bonchev–Trinajstić information content (AvgIpc) is 2.67. The molecule has 2 aromatic carbocycles. The molecule has 0 saturated carbocycles. The molecule has 28 heavy (non-hydrogen) atoms. The Morgan fingerprint density at radius 2 is 1.93 bits per heavy atom. The van der Waals surface area contributed by atoms with Gasteiger partial charge < -0.3 is 15.2 Å². The van der Waals surface area contributed by atoms with E-state index < -0.39 is 5.56 Å². The monoisotopic (exact) mass is 397 g/mol. The Hall–Kier alpha value is -3.26. The molecule has 2 N–H and O–H groups in total. The number of hydrogen-bond donors (Lipinski definition) is 2. The number of thioether (sulfide) groups is 1. The number of methoxy groups -OCH3 is 1. The van der Waals surface area contributed by atoms with Gasteiger partial charge in [-0.05, 0) is 30.7 Å². The lowest BCUT2D eigenvalue weighted by molar-refractivity contribution is -0.113. The summed E-state index contributed by atoms with van der Waals surface area (Å²) in [5.41, 5.74) is 1.65. The van der Waals surface area contributed by atoms with Gasteiger partial charge in [-0.1, -0.05) is 42.1 Å². The molecular weight excluding hydrogens is 378 g/mol. The number of aromatic hydroxyl groups is 1. The number of aryl methyl sites for hydroxylation is 1. The summed E-state index contributed by atoms with van der Waals surface area (Å²) in [6, 6.07) is 15.5. The summed E-state index contributed by atoms with van der Waals surface area (Å²) in [7, 11) is 1.53. The van der Waals surface area contributed by atoms with E-state index in [0.29, 0.717) is 17.1 Å². The number of rotatable bonds is 6. The quantitative estimate of drug-likeness (QED) is 0.491. The van der Waals surface area contributed by atoms with Crippen molar-refractivity contribution in [2.75, 3.05) is 18.2 Å². The number of hydrogen-bond acceptors (Lipinski definition) is 6. The van der Waals surface area contributed by atoms with Gasteiger partial charge in [0.15, 0.2) is 5.16 Å². The van der Waals surface area contributed by atoms with E-state index in [1.165, 1.54) is 11.7 Å². The van der Waals surface area contributed by atoms with Crippen molar-refractivity contribution in [3.63, 3.8) is 0 Å².